The molecule has 2 aromatic rings. The maximum atomic E-state index is 13.5. The molecule has 0 spiro atoms. The van der Waals surface area contributed by atoms with Crippen molar-refractivity contribution < 1.29 is 27.1 Å². The van der Waals surface area contributed by atoms with E-state index < -0.39 is 27.8 Å². The highest BCUT2D eigenvalue weighted by Crippen LogP contribution is 2.34. The van der Waals surface area contributed by atoms with E-state index in [0.29, 0.717) is 17.2 Å². The van der Waals surface area contributed by atoms with Crippen LogP contribution < -0.4 is 19.1 Å². The number of anilines is 2. The van der Waals surface area contributed by atoms with E-state index in [0.717, 1.165) is 16.6 Å². The van der Waals surface area contributed by atoms with Gasteiger partial charge in [-0.15, -0.1) is 0 Å². The van der Waals surface area contributed by atoms with Crippen LogP contribution in [0.4, 0.5) is 15.8 Å². The molecule has 0 bridgehead atoms. The second-order valence-corrected chi connectivity index (χ2v) is 7.63. The first-order valence-corrected chi connectivity index (χ1v) is 9.56. The number of ether oxygens (including phenoxy) is 2. The summed E-state index contributed by atoms with van der Waals surface area (Å²) < 4.78 is 49.2. The molecule has 0 aliphatic carbocycles. The van der Waals surface area contributed by atoms with Crippen LogP contribution in [0.5, 0.6) is 11.5 Å². The Morgan fingerprint density at radius 3 is 2.62 bits per heavy atom. The van der Waals surface area contributed by atoms with Crippen molar-refractivity contribution in [1.29, 1.82) is 0 Å². The third kappa shape index (κ3) is 3.72. The molecular weight excluding hydrogens is 363 g/mol. The number of carbonyl (C=O) groups is 1. The Labute approximate surface area is 150 Å². The lowest BCUT2D eigenvalue weighted by Gasteiger charge is -2.28. The third-order valence-electron chi connectivity index (χ3n) is 3.79. The lowest BCUT2D eigenvalue weighted by molar-refractivity contribution is -0.116. The molecule has 1 atom stereocenters. The van der Waals surface area contributed by atoms with Gasteiger partial charge in [0, 0.05) is 11.8 Å². The van der Waals surface area contributed by atoms with Crippen molar-refractivity contribution in [2.75, 3.05) is 22.7 Å². The van der Waals surface area contributed by atoms with Gasteiger partial charge in [0.1, 0.15) is 11.9 Å². The van der Waals surface area contributed by atoms with Crippen LogP contribution in [0.3, 0.4) is 0 Å². The van der Waals surface area contributed by atoms with Gasteiger partial charge in [-0.1, -0.05) is 6.07 Å². The fourth-order valence-corrected chi connectivity index (χ4v) is 3.81. The third-order valence-corrected chi connectivity index (χ3v) is 5.03. The van der Waals surface area contributed by atoms with Gasteiger partial charge in [-0.3, -0.25) is 9.10 Å². The smallest absolute Gasteiger partial charge is 0.247 e. The Morgan fingerprint density at radius 1 is 1.19 bits per heavy atom. The Morgan fingerprint density at radius 2 is 1.92 bits per heavy atom. The SMILES string of the molecule is CC(C(=O)Nc1ccc2c(c1)OCO2)N(c1cccc(F)c1)S(C)(=O)=O. The molecule has 138 valence electrons. The number of fused-ring (bicyclic) bond motifs is 1. The largest absolute Gasteiger partial charge is 0.454 e. The predicted octanol–water partition coefficient (Wildman–Crippen LogP) is 2.35. The lowest BCUT2D eigenvalue weighted by Crippen LogP contribution is -2.45. The van der Waals surface area contributed by atoms with Crippen LogP contribution in [0, 0.1) is 5.82 Å². The van der Waals surface area contributed by atoms with Gasteiger partial charge in [-0.05, 0) is 37.3 Å². The first-order chi connectivity index (χ1) is 12.3. The van der Waals surface area contributed by atoms with Crippen LogP contribution in [0.2, 0.25) is 0 Å². The normalized spacial score (nSPS) is 14.0. The number of sulfonamides is 1. The van der Waals surface area contributed by atoms with Gasteiger partial charge < -0.3 is 14.8 Å². The van der Waals surface area contributed by atoms with Crippen molar-refractivity contribution in [2.45, 2.75) is 13.0 Å². The summed E-state index contributed by atoms with van der Waals surface area (Å²) in [5, 5.41) is 2.63. The summed E-state index contributed by atoms with van der Waals surface area (Å²) in [6.45, 7) is 1.53. The molecule has 0 saturated heterocycles. The fourth-order valence-electron chi connectivity index (χ4n) is 2.64. The maximum absolute atomic E-state index is 13.5. The molecule has 1 aliphatic rings. The van der Waals surface area contributed by atoms with Gasteiger partial charge in [0.2, 0.25) is 22.7 Å². The lowest BCUT2D eigenvalue weighted by atomic mass is 10.2. The monoisotopic (exact) mass is 380 g/mol. The first kappa shape index (κ1) is 18.0. The molecule has 1 heterocycles. The van der Waals surface area contributed by atoms with Gasteiger partial charge in [0.25, 0.3) is 0 Å². The maximum Gasteiger partial charge on any atom is 0.247 e. The number of hydrogen-bond donors (Lipinski definition) is 1. The van der Waals surface area contributed by atoms with E-state index in [2.05, 4.69) is 5.32 Å². The van der Waals surface area contributed by atoms with E-state index in [1.165, 1.54) is 25.1 Å². The van der Waals surface area contributed by atoms with Crippen LogP contribution in [0.15, 0.2) is 42.5 Å². The van der Waals surface area contributed by atoms with Crippen molar-refractivity contribution in [1.82, 2.24) is 0 Å². The van der Waals surface area contributed by atoms with Gasteiger partial charge in [-0.2, -0.15) is 0 Å². The molecule has 9 heteroatoms. The molecule has 1 aliphatic heterocycles. The van der Waals surface area contributed by atoms with Crippen LogP contribution in [-0.4, -0.2) is 33.4 Å². The van der Waals surface area contributed by atoms with Crippen molar-refractivity contribution >= 4 is 27.3 Å². The highest BCUT2D eigenvalue weighted by atomic mass is 32.2. The van der Waals surface area contributed by atoms with Crippen LogP contribution >= 0.6 is 0 Å². The van der Waals surface area contributed by atoms with Crippen LogP contribution in [0.1, 0.15) is 6.92 Å². The Kier molecular flexibility index (Phi) is 4.73. The molecular formula is C17H17FN2O5S. The minimum Gasteiger partial charge on any atom is -0.454 e. The molecule has 0 fully saturated rings. The topological polar surface area (TPSA) is 84.9 Å². The average Bonchev–Trinajstić information content (AvgIpc) is 3.01. The molecule has 3 rings (SSSR count). The second-order valence-electron chi connectivity index (χ2n) is 5.77. The standard InChI is InChI=1S/C17H17FN2O5S/c1-11(20(26(2,22)23)14-5-3-4-12(18)8-14)17(21)19-13-6-7-15-16(9-13)25-10-24-15/h3-9,11H,10H2,1-2H3,(H,19,21). The minimum atomic E-state index is -3.82. The van der Waals surface area contributed by atoms with E-state index in [1.807, 2.05) is 0 Å². The summed E-state index contributed by atoms with van der Waals surface area (Å²) >= 11 is 0. The Bertz CT molecular complexity index is 948. The van der Waals surface area contributed by atoms with Crippen molar-refractivity contribution in [3.8, 4) is 11.5 Å². The zero-order valence-electron chi connectivity index (χ0n) is 14.1. The number of carbonyl (C=O) groups excluding carboxylic acids is 1. The molecule has 0 aromatic heterocycles. The predicted molar refractivity (Wildman–Crippen MR) is 94.4 cm³/mol. The second kappa shape index (κ2) is 6.83. The summed E-state index contributed by atoms with van der Waals surface area (Å²) in [5.74, 6) is -0.118. The molecule has 0 saturated carbocycles. The van der Waals surface area contributed by atoms with E-state index in [4.69, 9.17) is 9.47 Å². The quantitative estimate of drug-likeness (QED) is 0.861. The van der Waals surface area contributed by atoms with Crippen molar-refractivity contribution in [2.24, 2.45) is 0 Å². The number of hydrogen-bond acceptors (Lipinski definition) is 5. The number of benzene rings is 2. The number of rotatable bonds is 5. The zero-order chi connectivity index (χ0) is 18.9. The molecule has 1 unspecified atom stereocenters. The van der Waals surface area contributed by atoms with Crippen LogP contribution in [0.25, 0.3) is 0 Å². The first-order valence-electron chi connectivity index (χ1n) is 7.71. The average molecular weight is 380 g/mol. The molecule has 2 aromatic carbocycles. The van der Waals surface area contributed by atoms with Crippen molar-refractivity contribution in [3.05, 3.63) is 48.3 Å². The van der Waals surface area contributed by atoms with E-state index in [-0.39, 0.29) is 12.5 Å². The minimum absolute atomic E-state index is 0.0702. The number of nitrogens with one attached hydrogen (secondary N) is 1. The zero-order valence-corrected chi connectivity index (χ0v) is 14.9. The summed E-state index contributed by atoms with van der Waals surface area (Å²) in [5.41, 5.74) is 0.500. The summed E-state index contributed by atoms with van der Waals surface area (Å²) in [7, 11) is -3.82. The number of halogens is 1. The number of nitrogens with zero attached hydrogens (tertiary/aromatic N) is 1. The Hall–Kier alpha value is -2.81. The molecule has 1 N–H and O–H groups in total. The summed E-state index contributed by atoms with van der Waals surface area (Å²) in [4.78, 5) is 12.6. The molecule has 0 radical (unpaired) electrons. The van der Waals surface area contributed by atoms with Gasteiger partial charge in [-0.25, -0.2) is 12.8 Å². The van der Waals surface area contributed by atoms with Crippen molar-refractivity contribution in [3.63, 3.8) is 0 Å². The van der Waals surface area contributed by atoms with Gasteiger partial charge >= 0.3 is 0 Å². The molecule has 7 nitrogen and oxygen atoms in total. The highest BCUT2D eigenvalue weighted by molar-refractivity contribution is 7.92. The van der Waals surface area contributed by atoms with Gasteiger partial charge in [0.15, 0.2) is 11.5 Å². The molecule has 1 amide bonds. The Balaban J connectivity index is 1.84. The van der Waals surface area contributed by atoms with E-state index in [1.54, 1.807) is 18.2 Å². The summed E-state index contributed by atoms with van der Waals surface area (Å²) in [6, 6.07) is 8.80. The summed E-state index contributed by atoms with van der Waals surface area (Å²) in [6.07, 6.45) is 0.961. The highest BCUT2D eigenvalue weighted by Gasteiger charge is 2.29. The number of amides is 1. The van der Waals surface area contributed by atoms with Gasteiger partial charge in [0.05, 0.1) is 11.9 Å². The van der Waals surface area contributed by atoms with Crippen LogP contribution in [-0.2, 0) is 14.8 Å². The van der Waals surface area contributed by atoms with E-state index >= 15 is 0 Å². The van der Waals surface area contributed by atoms with E-state index in [9.17, 15) is 17.6 Å². The molecule has 26 heavy (non-hydrogen) atoms. The fraction of sp³-hybridized carbons (Fsp3) is 0.235.